The molecule has 0 aliphatic heterocycles. The first-order valence-corrected chi connectivity index (χ1v) is 6.73. The number of hydrogen-bond donors (Lipinski definition) is 0. The fourth-order valence-electron chi connectivity index (χ4n) is 2.06. The highest BCUT2D eigenvalue weighted by molar-refractivity contribution is 5.61. The van der Waals surface area contributed by atoms with Crippen LogP contribution in [0.5, 0.6) is 5.75 Å². The number of nitrogens with zero attached hydrogens (tertiary/aromatic N) is 4. The van der Waals surface area contributed by atoms with Gasteiger partial charge in [-0.3, -0.25) is 4.68 Å². The van der Waals surface area contributed by atoms with E-state index in [0.717, 1.165) is 29.0 Å². The Labute approximate surface area is 122 Å². The predicted molar refractivity (Wildman–Crippen MR) is 77.9 cm³/mol. The summed E-state index contributed by atoms with van der Waals surface area (Å²) in [7, 11) is 1.65. The van der Waals surface area contributed by atoms with Crippen LogP contribution in [-0.4, -0.2) is 27.0 Å². The summed E-state index contributed by atoms with van der Waals surface area (Å²) >= 11 is 0. The highest BCUT2D eigenvalue weighted by Gasteiger charge is 2.13. The van der Waals surface area contributed by atoms with Crippen LogP contribution in [0.15, 0.2) is 35.1 Å². The van der Waals surface area contributed by atoms with E-state index in [2.05, 4.69) is 15.2 Å². The lowest BCUT2D eigenvalue weighted by Crippen LogP contribution is -1.91. The molecule has 0 N–H and O–H groups in total. The molecule has 0 fully saturated rings. The average Bonchev–Trinajstić information content (AvgIpc) is 3.16. The standard InChI is InChI=1S/C15H16N4O2/c1-4-19-9-12(8-16-19)15-17-14(18-21-15)11-6-5-10(2)13(7-11)20-3/h5-9H,4H2,1-3H3. The summed E-state index contributed by atoms with van der Waals surface area (Å²) in [6, 6.07) is 5.82. The lowest BCUT2D eigenvalue weighted by molar-refractivity contribution is 0.411. The maximum Gasteiger partial charge on any atom is 0.261 e. The number of rotatable bonds is 4. The zero-order valence-corrected chi connectivity index (χ0v) is 12.2. The normalized spacial score (nSPS) is 10.8. The summed E-state index contributed by atoms with van der Waals surface area (Å²) in [5.74, 6) is 1.80. The Morgan fingerprint density at radius 3 is 2.86 bits per heavy atom. The minimum Gasteiger partial charge on any atom is -0.496 e. The zero-order chi connectivity index (χ0) is 14.8. The minimum atomic E-state index is 0.462. The van der Waals surface area contributed by atoms with Gasteiger partial charge >= 0.3 is 0 Å². The lowest BCUT2D eigenvalue weighted by atomic mass is 10.1. The third kappa shape index (κ3) is 2.52. The van der Waals surface area contributed by atoms with Crippen molar-refractivity contribution in [3.63, 3.8) is 0 Å². The number of hydrogen-bond acceptors (Lipinski definition) is 5. The molecule has 6 heteroatoms. The SMILES string of the molecule is CCn1cc(-c2nc(-c3ccc(C)c(OC)c3)no2)cn1. The molecule has 3 rings (SSSR count). The van der Waals surface area contributed by atoms with Crippen LogP contribution in [0, 0.1) is 6.92 Å². The lowest BCUT2D eigenvalue weighted by Gasteiger charge is -2.04. The third-order valence-electron chi connectivity index (χ3n) is 3.30. The van der Waals surface area contributed by atoms with Gasteiger partial charge in [0.05, 0.1) is 18.9 Å². The Morgan fingerprint density at radius 1 is 1.29 bits per heavy atom. The van der Waals surface area contributed by atoms with Crippen LogP contribution in [0.1, 0.15) is 12.5 Å². The molecule has 0 aliphatic rings. The summed E-state index contributed by atoms with van der Waals surface area (Å²) in [6.07, 6.45) is 3.60. The molecule has 0 saturated carbocycles. The van der Waals surface area contributed by atoms with Crippen molar-refractivity contribution in [2.45, 2.75) is 20.4 Å². The van der Waals surface area contributed by atoms with Gasteiger partial charge in [0.15, 0.2) is 0 Å². The van der Waals surface area contributed by atoms with Crippen molar-refractivity contribution in [2.75, 3.05) is 7.11 Å². The van der Waals surface area contributed by atoms with E-state index >= 15 is 0 Å². The first-order chi connectivity index (χ1) is 10.2. The quantitative estimate of drug-likeness (QED) is 0.737. The van der Waals surface area contributed by atoms with Crippen LogP contribution in [-0.2, 0) is 6.54 Å². The van der Waals surface area contributed by atoms with Gasteiger partial charge in [0.25, 0.3) is 5.89 Å². The first-order valence-electron chi connectivity index (χ1n) is 6.73. The van der Waals surface area contributed by atoms with E-state index in [0.29, 0.717) is 11.7 Å². The van der Waals surface area contributed by atoms with Crippen molar-refractivity contribution in [3.8, 4) is 28.6 Å². The molecule has 0 atom stereocenters. The fourth-order valence-corrected chi connectivity index (χ4v) is 2.06. The van der Waals surface area contributed by atoms with Crippen molar-refractivity contribution >= 4 is 0 Å². The largest absolute Gasteiger partial charge is 0.496 e. The van der Waals surface area contributed by atoms with Gasteiger partial charge < -0.3 is 9.26 Å². The molecule has 3 aromatic rings. The maximum atomic E-state index is 5.32. The van der Waals surface area contributed by atoms with Crippen LogP contribution in [0.4, 0.5) is 0 Å². The van der Waals surface area contributed by atoms with E-state index in [1.54, 1.807) is 13.3 Å². The van der Waals surface area contributed by atoms with Crippen molar-refractivity contribution in [3.05, 3.63) is 36.2 Å². The Hall–Kier alpha value is -2.63. The molecule has 0 aliphatic carbocycles. The molecule has 0 saturated heterocycles. The minimum absolute atomic E-state index is 0.462. The van der Waals surface area contributed by atoms with Gasteiger partial charge in [-0.05, 0) is 25.5 Å². The monoisotopic (exact) mass is 284 g/mol. The number of aryl methyl sites for hydroxylation is 2. The number of benzene rings is 1. The fraction of sp³-hybridized carbons (Fsp3) is 0.267. The second-order valence-electron chi connectivity index (χ2n) is 4.69. The number of aromatic nitrogens is 4. The van der Waals surface area contributed by atoms with Crippen molar-refractivity contribution in [1.82, 2.24) is 19.9 Å². The van der Waals surface area contributed by atoms with Gasteiger partial charge in [0.1, 0.15) is 5.75 Å². The van der Waals surface area contributed by atoms with Gasteiger partial charge in [0, 0.05) is 18.3 Å². The zero-order valence-electron chi connectivity index (χ0n) is 12.2. The van der Waals surface area contributed by atoms with Gasteiger partial charge in [0.2, 0.25) is 5.82 Å². The Bertz CT molecular complexity index is 761. The Morgan fingerprint density at radius 2 is 2.14 bits per heavy atom. The topological polar surface area (TPSA) is 66.0 Å². The van der Waals surface area contributed by atoms with Crippen LogP contribution < -0.4 is 4.74 Å². The van der Waals surface area contributed by atoms with Crippen LogP contribution in [0.2, 0.25) is 0 Å². The summed E-state index contributed by atoms with van der Waals surface area (Å²) in [6.45, 7) is 4.81. The highest BCUT2D eigenvalue weighted by atomic mass is 16.5. The molecule has 0 radical (unpaired) electrons. The molecule has 0 amide bonds. The number of ether oxygens (including phenoxy) is 1. The smallest absolute Gasteiger partial charge is 0.261 e. The Balaban J connectivity index is 1.94. The summed E-state index contributed by atoms with van der Waals surface area (Å²) in [5.41, 5.74) is 2.74. The molecule has 108 valence electrons. The van der Waals surface area contributed by atoms with Crippen LogP contribution in [0.25, 0.3) is 22.8 Å². The van der Waals surface area contributed by atoms with E-state index < -0.39 is 0 Å². The molecule has 0 bridgehead atoms. The van der Waals surface area contributed by atoms with Crippen molar-refractivity contribution < 1.29 is 9.26 Å². The number of methoxy groups -OCH3 is 1. The van der Waals surface area contributed by atoms with Gasteiger partial charge in [-0.1, -0.05) is 17.3 Å². The van der Waals surface area contributed by atoms with E-state index in [-0.39, 0.29) is 0 Å². The predicted octanol–water partition coefficient (Wildman–Crippen LogP) is 2.94. The van der Waals surface area contributed by atoms with E-state index in [4.69, 9.17) is 9.26 Å². The van der Waals surface area contributed by atoms with E-state index in [1.807, 2.05) is 42.9 Å². The third-order valence-corrected chi connectivity index (χ3v) is 3.30. The van der Waals surface area contributed by atoms with Gasteiger partial charge in [-0.2, -0.15) is 10.1 Å². The average molecular weight is 284 g/mol. The molecule has 0 spiro atoms. The molecule has 1 aromatic carbocycles. The highest BCUT2D eigenvalue weighted by Crippen LogP contribution is 2.26. The van der Waals surface area contributed by atoms with E-state index in [9.17, 15) is 0 Å². The molecule has 2 heterocycles. The molecule has 6 nitrogen and oxygen atoms in total. The maximum absolute atomic E-state index is 5.32. The summed E-state index contributed by atoms with van der Waals surface area (Å²) in [5, 5.41) is 8.23. The second kappa shape index (κ2) is 5.40. The van der Waals surface area contributed by atoms with Crippen molar-refractivity contribution in [2.24, 2.45) is 0 Å². The first kappa shape index (κ1) is 13.4. The molecular formula is C15H16N4O2. The molecule has 2 aromatic heterocycles. The molecule has 21 heavy (non-hydrogen) atoms. The van der Waals surface area contributed by atoms with E-state index in [1.165, 1.54) is 0 Å². The summed E-state index contributed by atoms with van der Waals surface area (Å²) in [4.78, 5) is 4.42. The Kier molecular flexibility index (Phi) is 3.43. The van der Waals surface area contributed by atoms with Gasteiger partial charge in [-0.25, -0.2) is 0 Å². The van der Waals surface area contributed by atoms with Crippen molar-refractivity contribution in [1.29, 1.82) is 0 Å². The molecular weight excluding hydrogens is 268 g/mol. The van der Waals surface area contributed by atoms with Crippen LogP contribution >= 0.6 is 0 Å². The van der Waals surface area contributed by atoms with Crippen LogP contribution in [0.3, 0.4) is 0 Å². The second-order valence-corrected chi connectivity index (χ2v) is 4.69. The summed E-state index contributed by atoms with van der Waals surface area (Å²) < 4.78 is 12.4. The van der Waals surface area contributed by atoms with Gasteiger partial charge in [-0.15, -0.1) is 0 Å². The molecule has 0 unspecified atom stereocenters.